The van der Waals surface area contributed by atoms with Gasteiger partial charge in [0.15, 0.2) is 6.61 Å². The van der Waals surface area contributed by atoms with Crippen LogP contribution in [0, 0.1) is 5.41 Å². The van der Waals surface area contributed by atoms with Crippen LogP contribution in [0.25, 0.3) is 21.8 Å². The molecule has 0 radical (unpaired) electrons. The smallest absolute Gasteiger partial charge is 0.262 e. The third-order valence-electron chi connectivity index (χ3n) is 5.52. The fourth-order valence-corrected chi connectivity index (χ4v) is 3.80. The Labute approximate surface area is 193 Å². The standard InChI is InChI=1S/C27H29N3O3/c1-5-30-23-12-7-6-11-21(23)22-16-19(13-14-24(22)30)28-25(31)17-33-20-10-8-9-18(15-20)29-26(32)27(2,3)4/h6-16H,5,17H2,1-4H3,(H,28,31)(H,29,32). The van der Waals surface area contributed by atoms with Gasteiger partial charge in [-0.1, -0.05) is 45.0 Å². The molecule has 4 rings (SSSR count). The topological polar surface area (TPSA) is 72.4 Å². The van der Waals surface area contributed by atoms with E-state index in [-0.39, 0.29) is 18.4 Å². The van der Waals surface area contributed by atoms with Crippen molar-refractivity contribution in [2.75, 3.05) is 17.2 Å². The average molecular weight is 444 g/mol. The SMILES string of the molecule is CCn1c2ccccc2c2cc(NC(=O)COc3cccc(NC(=O)C(C)(C)C)c3)ccc21. The number of hydrogen-bond donors (Lipinski definition) is 2. The number of aromatic nitrogens is 1. The Morgan fingerprint density at radius 1 is 0.848 bits per heavy atom. The number of benzene rings is 3. The second-order valence-corrected chi connectivity index (χ2v) is 9.06. The zero-order valence-corrected chi connectivity index (χ0v) is 19.4. The van der Waals surface area contributed by atoms with E-state index in [2.05, 4.69) is 34.3 Å². The lowest BCUT2D eigenvalue weighted by molar-refractivity contribution is -0.123. The Kier molecular flexibility index (Phi) is 6.09. The van der Waals surface area contributed by atoms with Crippen LogP contribution in [0.3, 0.4) is 0 Å². The molecule has 0 unspecified atom stereocenters. The first-order chi connectivity index (χ1) is 15.8. The van der Waals surface area contributed by atoms with Crippen LogP contribution in [-0.2, 0) is 16.1 Å². The molecule has 3 aromatic carbocycles. The molecule has 2 amide bonds. The second kappa shape index (κ2) is 8.98. The van der Waals surface area contributed by atoms with Crippen LogP contribution in [0.4, 0.5) is 11.4 Å². The lowest BCUT2D eigenvalue weighted by atomic mass is 9.95. The monoisotopic (exact) mass is 443 g/mol. The Balaban J connectivity index is 1.44. The highest BCUT2D eigenvalue weighted by Gasteiger charge is 2.21. The van der Waals surface area contributed by atoms with Crippen molar-refractivity contribution < 1.29 is 14.3 Å². The first-order valence-corrected chi connectivity index (χ1v) is 11.1. The van der Waals surface area contributed by atoms with Gasteiger partial charge in [-0.3, -0.25) is 9.59 Å². The number of para-hydroxylation sites is 1. The van der Waals surface area contributed by atoms with E-state index in [9.17, 15) is 9.59 Å². The molecule has 0 bridgehead atoms. The first-order valence-electron chi connectivity index (χ1n) is 11.1. The highest BCUT2D eigenvalue weighted by Crippen LogP contribution is 2.31. The molecular weight excluding hydrogens is 414 g/mol. The molecule has 1 heterocycles. The van der Waals surface area contributed by atoms with E-state index >= 15 is 0 Å². The van der Waals surface area contributed by atoms with Crippen molar-refractivity contribution in [2.24, 2.45) is 5.41 Å². The Morgan fingerprint density at radius 3 is 2.33 bits per heavy atom. The van der Waals surface area contributed by atoms with Crippen molar-refractivity contribution in [1.29, 1.82) is 0 Å². The minimum Gasteiger partial charge on any atom is -0.484 e. The third-order valence-corrected chi connectivity index (χ3v) is 5.52. The van der Waals surface area contributed by atoms with Crippen LogP contribution in [0.5, 0.6) is 5.75 Å². The van der Waals surface area contributed by atoms with Gasteiger partial charge in [0.25, 0.3) is 5.91 Å². The zero-order chi connectivity index (χ0) is 23.6. The molecule has 0 aliphatic heterocycles. The summed E-state index contributed by atoms with van der Waals surface area (Å²) in [5.74, 6) is 0.174. The van der Waals surface area contributed by atoms with Gasteiger partial charge in [0, 0.05) is 51.2 Å². The minimum atomic E-state index is -0.499. The number of nitrogens with zero attached hydrogens (tertiary/aromatic N) is 1. The third kappa shape index (κ3) is 4.85. The van der Waals surface area contributed by atoms with E-state index in [1.165, 1.54) is 5.52 Å². The predicted molar refractivity (Wildman–Crippen MR) is 134 cm³/mol. The number of carbonyl (C=O) groups excluding carboxylic acids is 2. The summed E-state index contributed by atoms with van der Waals surface area (Å²) in [7, 11) is 0. The van der Waals surface area contributed by atoms with Gasteiger partial charge in [-0.15, -0.1) is 0 Å². The summed E-state index contributed by atoms with van der Waals surface area (Å²) >= 11 is 0. The summed E-state index contributed by atoms with van der Waals surface area (Å²) < 4.78 is 7.93. The highest BCUT2D eigenvalue weighted by atomic mass is 16.5. The number of rotatable bonds is 6. The number of carbonyl (C=O) groups is 2. The van der Waals surface area contributed by atoms with Crippen molar-refractivity contribution in [1.82, 2.24) is 4.57 Å². The zero-order valence-electron chi connectivity index (χ0n) is 19.4. The molecule has 0 saturated carbocycles. The predicted octanol–water partition coefficient (Wildman–Crippen LogP) is 5.82. The van der Waals surface area contributed by atoms with Crippen LogP contribution in [0.1, 0.15) is 27.7 Å². The summed E-state index contributed by atoms with van der Waals surface area (Å²) in [6.07, 6.45) is 0. The van der Waals surface area contributed by atoms with Crippen LogP contribution >= 0.6 is 0 Å². The Hall–Kier alpha value is -3.80. The number of anilines is 2. The Bertz CT molecular complexity index is 1330. The minimum absolute atomic E-state index is 0.0859. The van der Waals surface area contributed by atoms with Gasteiger partial charge in [-0.2, -0.15) is 0 Å². The molecule has 1 aromatic heterocycles. The molecule has 2 N–H and O–H groups in total. The van der Waals surface area contributed by atoms with Gasteiger partial charge in [0.05, 0.1) is 0 Å². The first kappa shape index (κ1) is 22.4. The fraction of sp³-hybridized carbons (Fsp3) is 0.259. The van der Waals surface area contributed by atoms with Crippen LogP contribution < -0.4 is 15.4 Å². The number of amides is 2. The molecular formula is C27H29N3O3. The van der Waals surface area contributed by atoms with E-state index in [0.717, 1.165) is 28.5 Å². The van der Waals surface area contributed by atoms with Crippen molar-refractivity contribution in [2.45, 2.75) is 34.2 Å². The fourth-order valence-electron chi connectivity index (χ4n) is 3.80. The summed E-state index contributed by atoms with van der Waals surface area (Å²) in [6, 6.07) is 21.3. The summed E-state index contributed by atoms with van der Waals surface area (Å²) in [6.45, 7) is 8.42. The van der Waals surface area contributed by atoms with Gasteiger partial charge >= 0.3 is 0 Å². The van der Waals surface area contributed by atoms with Gasteiger partial charge in [-0.25, -0.2) is 0 Å². The normalized spacial score (nSPS) is 11.5. The molecule has 4 aromatic rings. The highest BCUT2D eigenvalue weighted by molar-refractivity contribution is 6.09. The van der Waals surface area contributed by atoms with Crippen molar-refractivity contribution in [3.8, 4) is 5.75 Å². The Morgan fingerprint density at radius 2 is 1.58 bits per heavy atom. The average Bonchev–Trinajstić information content (AvgIpc) is 3.10. The van der Waals surface area contributed by atoms with E-state index in [4.69, 9.17) is 4.74 Å². The summed E-state index contributed by atoms with van der Waals surface area (Å²) in [5, 5.41) is 8.05. The maximum Gasteiger partial charge on any atom is 0.262 e. The second-order valence-electron chi connectivity index (χ2n) is 9.06. The molecule has 0 spiro atoms. The number of aryl methyl sites for hydroxylation is 1. The summed E-state index contributed by atoms with van der Waals surface area (Å²) in [5.41, 5.74) is 3.18. The van der Waals surface area contributed by atoms with Gasteiger partial charge in [0.2, 0.25) is 5.91 Å². The molecule has 0 fully saturated rings. The van der Waals surface area contributed by atoms with Crippen molar-refractivity contribution in [3.63, 3.8) is 0 Å². The molecule has 0 atom stereocenters. The van der Waals surface area contributed by atoms with Gasteiger partial charge < -0.3 is 19.9 Å². The molecule has 0 saturated heterocycles. The molecule has 0 aliphatic rings. The largest absolute Gasteiger partial charge is 0.484 e. The summed E-state index contributed by atoms with van der Waals surface area (Å²) in [4.78, 5) is 24.7. The number of hydrogen-bond acceptors (Lipinski definition) is 3. The van der Waals surface area contributed by atoms with E-state index in [0.29, 0.717) is 11.4 Å². The van der Waals surface area contributed by atoms with Crippen molar-refractivity contribution in [3.05, 3.63) is 66.7 Å². The van der Waals surface area contributed by atoms with Crippen LogP contribution in [0.15, 0.2) is 66.7 Å². The maximum atomic E-state index is 12.5. The number of nitrogens with one attached hydrogen (secondary N) is 2. The molecule has 33 heavy (non-hydrogen) atoms. The lowest BCUT2D eigenvalue weighted by Crippen LogP contribution is -2.27. The quantitative estimate of drug-likeness (QED) is 0.395. The van der Waals surface area contributed by atoms with E-state index in [1.54, 1.807) is 24.3 Å². The lowest BCUT2D eigenvalue weighted by Gasteiger charge is -2.18. The molecule has 0 aliphatic carbocycles. The van der Waals surface area contributed by atoms with Gasteiger partial charge in [0.1, 0.15) is 5.75 Å². The van der Waals surface area contributed by atoms with Crippen molar-refractivity contribution >= 4 is 45.0 Å². The molecule has 6 heteroatoms. The molecule has 170 valence electrons. The molecule has 6 nitrogen and oxygen atoms in total. The van der Waals surface area contributed by atoms with Crippen LogP contribution in [-0.4, -0.2) is 23.0 Å². The number of ether oxygens (including phenoxy) is 1. The van der Waals surface area contributed by atoms with E-state index in [1.807, 2.05) is 51.1 Å². The van der Waals surface area contributed by atoms with Crippen LogP contribution in [0.2, 0.25) is 0 Å². The van der Waals surface area contributed by atoms with Gasteiger partial charge in [-0.05, 0) is 43.3 Å². The number of fused-ring (bicyclic) bond motifs is 3. The maximum absolute atomic E-state index is 12.5. The van der Waals surface area contributed by atoms with E-state index < -0.39 is 5.41 Å².